The third kappa shape index (κ3) is 23.2. The lowest BCUT2D eigenvalue weighted by molar-refractivity contribution is -0.161. The van der Waals surface area contributed by atoms with Gasteiger partial charge in [-0.2, -0.15) is 0 Å². The van der Waals surface area contributed by atoms with Crippen LogP contribution in [0.2, 0.25) is 0 Å². The summed E-state index contributed by atoms with van der Waals surface area (Å²) >= 11 is 0. The second-order valence-electron chi connectivity index (χ2n) is 7.58. The number of phosphoric ester groups is 1. The highest BCUT2D eigenvalue weighted by Gasteiger charge is 2.22. The second-order valence-corrected chi connectivity index (χ2v) is 8.82. The van der Waals surface area contributed by atoms with Gasteiger partial charge in [0.05, 0.1) is 6.61 Å². The minimum atomic E-state index is -4.74. The average molecular weight is 501 g/mol. The van der Waals surface area contributed by atoms with E-state index in [1.807, 2.05) is 25.2 Å². The predicted octanol–water partition coefficient (Wildman–Crippen LogP) is 5.72. The van der Waals surface area contributed by atoms with Gasteiger partial charge in [0.15, 0.2) is 6.10 Å². The molecule has 0 radical (unpaired) electrons. The van der Waals surface area contributed by atoms with Crippen LogP contribution in [0.15, 0.2) is 48.6 Å². The van der Waals surface area contributed by atoms with Crippen LogP contribution < -0.4 is 0 Å². The van der Waals surface area contributed by atoms with Crippen LogP contribution in [0.5, 0.6) is 0 Å². The fourth-order valence-electron chi connectivity index (χ4n) is 2.62. The first-order valence-corrected chi connectivity index (χ1v) is 13.5. The first-order valence-electron chi connectivity index (χ1n) is 11.9. The maximum Gasteiger partial charge on any atom is 0.469 e. The van der Waals surface area contributed by atoms with Crippen LogP contribution in [0.4, 0.5) is 0 Å². The summed E-state index contributed by atoms with van der Waals surface area (Å²) in [7, 11) is -4.74. The molecule has 0 aliphatic heterocycles. The van der Waals surface area contributed by atoms with Crippen LogP contribution >= 0.6 is 7.82 Å². The van der Waals surface area contributed by atoms with E-state index >= 15 is 0 Å². The summed E-state index contributed by atoms with van der Waals surface area (Å²) in [5.41, 5.74) is 0. The third-order valence-electron chi connectivity index (χ3n) is 4.38. The minimum Gasteiger partial charge on any atom is -0.462 e. The quantitative estimate of drug-likeness (QED) is 0.0943. The number of hydrogen-bond acceptors (Lipinski definition) is 6. The van der Waals surface area contributed by atoms with Crippen molar-refractivity contribution in [1.82, 2.24) is 0 Å². The lowest BCUT2D eigenvalue weighted by Crippen LogP contribution is -2.29. The molecule has 0 spiro atoms. The van der Waals surface area contributed by atoms with E-state index in [9.17, 15) is 14.2 Å². The fourth-order valence-corrected chi connectivity index (χ4v) is 2.98. The SMILES string of the molecule is CC/C=C\C/C=C\C/C=C\C/C=C\CCC(=O)OC(COC(=O)CCCCC)COP(=O)(O)O. The van der Waals surface area contributed by atoms with Crippen molar-refractivity contribution in [1.29, 1.82) is 0 Å². The molecule has 2 N–H and O–H groups in total. The molecule has 0 bridgehead atoms. The number of ether oxygens (including phenoxy) is 2. The van der Waals surface area contributed by atoms with Gasteiger partial charge in [0.2, 0.25) is 0 Å². The molecule has 1 atom stereocenters. The Hall–Kier alpha value is -1.99. The molecule has 8 nitrogen and oxygen atoms in total. The number of carbonyl (C=O) groups excluding carboxylic acids is 2. The molecule has 0 amide bonds. The van der Waals surface area contributed by atoms with Gasteiger partial charge in [-0.05, 0) is 38.5 Å². The first kappa shape index (κ1) is 32.0. The topological polar surface area (TPSA) is 119 Å². The van der Waals surface area contributed by atoms with E-state index in [-0.39, 0.29) is 19.4 Å². The van der Waals surface area contributed by atoms with Crippen molar-refractivity contribution in [2.45, 2.75) is 84.2 Å². The average Bonchev–Trinajstić information content (AvgIpc) is 2.78. The Bertz CT molecular complexity index is 706. The zero-order chi connectivity index (χ0) is 25.5. The summed E-state index contributed by atoms with van der Waals surface area (Å²) in [4.78, 5) is 41.6. The number of carbonyl (C=O) groups is 2. The normalized spacial score (nSPS) is 13.4. The van der Waals surface area contributed by atoms with Crippen molar-refractivity contribution in [3.63, 3.8) is 0 Å². The molecule has 0 aromatic rings. The number of phosphoric acid groups is 1. The Labute approximate surface area is 204 Å². The van der Waals surface area contributed by atoms with Gasteiger partial charge >= 0.3 is 19.8 Å². The van der Waals surface area contributed by atoms with Crippen molar-refractivity contribution in [2.75, 3.05) is 13.2 Å². The van der Waals surface area contributed by atoms with Crippen LogP contribution in [-0.2, 0) is 28.2 Å². The van der Waals surface area contributed by atoms with Gasteiger partial charge in [-0.1, -0.05) is 75.3 Å². The summed E-state index contributed by atoms with van der Waals surface area (Å²) in [6.45, 7) is 3.23. The fraction of sp³-hybridized carbons (Fsp3) is 0.600. The van der Waals surface area contributed by atoms with E-state index in [2.05, 4.69) is 41.8 Å². The van der Waals surface area contributed by atoms with E-state index in [4.69, 9.17) is 19.3 Å². The molecule has 1 unspecified atom stereocenters. The van der Waals surface area contributed by atoms with Gasteiger partial charge < -0.3 is 19.3 Å². The molecule has 194 valence electrons. The van der Waals surface area contributed by atoms with E-state index in [0.717, 1.165) is 38.5 Å². The molecule has 0 fully saturated rings. The minimum absolute atomic E-state index is 0.0884. The van der Waals surface area contributed by atoms with Crippen LogP contribution in [-0.4, -0.2) is 41.0 Å². The van der Waals surface area contributed by atoms with E-state index in [1.54, 1.807) is 0 Å². The molecule has 0 aromatic heterocycles. The highest BCUT2D eigenvalue weighted by Crippen LogP contribution is 2.35. The summed E-state index contributed by atoms with van der Waals surface area (Å²) in [6, 6.07) is 0. The van der Waals surface area contributed by atoms with Crippen molar-refractivity contribution in [3.8, 4) is 0 Å². The number of esters is 2. The maximum atomic E-state index is 12.1. The van der Waals surface area contributed by atoms with Crippen LogP contribution in [0, 0.1) is 0 Å². The molecular formula is C25H41O8P. The molecule has 34 heavy (non-hydrogen) atoms. The molecule has 0 saturated heterocycles. The Morgan fingerprint density at radius 3 is 1.94 bits per heavy atom. The summed E-state index contributed by atoms with van der Waals surface area (Å²) in [5.74, 6) is -1.02. The largest absolute Gasteiger partial charge is 0.469 e. The van der Waals surface area contributed by atoms with Crippen LogP contribution in [0.25, 0.3) is 0 Å². The van der Waals surface area contributed by atoms with E-state index < -0.39 is 32.5 Å². The highest BCUT2D eigenvalue weighted by molar-refractivity contribution is 7.46. The zero-order valence-corrected chi connectivity index (χ0v) is 21.4. The Morgan fingerprint density at radius 1 is 0.794 bits per heavy atom. The predicted molar refractivity (Wildman–Crippen MR) is 133 cm³/mol. The lowest BCUT2D eigenvalue weighted by Gasteiger charge is -2.18. The second kappa shape index (κ2) is 21.5. The summed E-state index contributed by atoms with van der Waals surface area (Å²) in [5, 5.41) is 0. The third-order valence-corrected chi connectivity index (χ3v) is 4.86. The Morgan fingerprint density at radius 2 is 1.38 bits per heavy atom. The van der Waals surface area contributed by atoms with E-state index in [0.29, 0.717) is 12.8 Å². The van der Waals surface area contributed by atoms with Gasteiger partial charge in [0.1, 0.15) is 6.61 Å². The molecule has 0 aliphatic rings. The smallest absolute Gasteiger partial charge is 0.462 e. The molecule has 0 saturated carbocycles. The van der Waals surface area contributed by atoms with Gasteiger partial charge in [-0.3, -0.25) is 14.1 Å². The van der Waals surface area contributed by atoms with E-state index in [1.165, 1.54) is 0 Å². The number of hydrogen-bond donors (Lipinski definition) is 2. The Balaban J connectivity index is 4.26. The van der Waals surface area contributed by atoms with Crippen LogP contribution in [0.3, 0.4) is 0 Å². The van der Waals surface area contributed by atoms with Crippen molar-refractivity contribution < 1.29 is 37.9 Å². The zero-order valence-electron chi connectivity index (χ0n) is 20.5. The molecule has 0 heterocycles. The van der Waals surface area contributed by atoms with Crippen molar-refractivity contribution >= 4 is 19.8 Å². The summed E-state index contributed by atoms with van der Waals surface area (Å²) < 4.78 is 25.6. The van der Waals surface area contributed by atoms with Gasteiger partial charge in [-0.15, -0.1) is 0 Å². The molecule has 9 heteroatoms. The number of allylic oxidation sites excluding steroid dienone is 8. The molecule has 0 rings (SSSR count). The van der Waals surface area contributed by atoms with Gasteiger partial charge in [0, 0.05) is 12.8 Å². The van der Waals surface area contributed by atoms with Gasteiger partial charge in [0.25, 0.3) is 0 Å². The molecular weight excluding hydrogens is 459 g/mol. The molecule has 0 aliphatic carbocycles. The van der Waals surface area contributed by atoms with Crippen molar-refractivity contribution in [2.24, 2.45) is 0 Å². The Kier molecular flexibility index (Phi) is 20.3. The molecule has 0 aromatic carbocycles. The summed E-state index contributed by atoms with van der Waals surface area (Å²) in [6.07, 6.45) is 22.3. The lowest BCUT2D eigenvalue weighted by atomic mass is 10.2. The maximum absolute atomic E-state index is 12.1. The monoisotopic (exact) mass is 500 g/mol. The first-order chi connectivity index (χ1) is 16.3. The van der Waals surface area contributed by atoms with Crippen molar-refractivity contribution in [3.05, 3.63) is 48.6 Å². The van der Waals surface area contributed by atoms with Crippen LogP contribution in [0.1, 0.15) is 78.1 Å². The van der Waals surface area contributed by atoms with Gasteiger partial charge in [-0.25, -0.2) is 4.57 Å². The highest BCUT2D eigenvalue weighted by atomic mass is 31.2. The standard InChI is InChI=1S/C25H41O8P/c1-3-5-7-8-9-10-11-12-13-14-15-16-18-20-25(27)33-23(22-32-34(28,29)30)21-31-24(26)19-17-6-4-2/h5,7,9-10,12-13,15-16,23H,3-4,6,8,11,14,17-22H2,1-2H3,(H2,28,29,30)/b7-5-,10-9-,13-12-,16-15-. The number of rotatable bonds is 20. The number of unbranched alkanes of at least 4 members (excludes halogenated alkanes) is 2.